The SMILES string of the molecule is O=C(CO/N=C/c1ccc(F)cc1)NCc1ccccc1. The fourth-order valence-electron chi connectivity index (χ4n) is 1.59. The summed E-state index contributed by atoms with van der Waals surface area (Å²) in [6.45, 7) is 0.287. The number of hydrogen-bond acceptors (Lipinski definition) is 3. The van der Waals surface area contributed by atoms with E-state index in [2.05, 4.69) is 10.5 Å². The van der Waals surface area contributed by atoms with Crippen molar-refractivity contribution in [1.82, 2.24) is 5.32 Å². The number of benzene rings is 2. The van der Waals surface area contributed by atoms with Crippen LogP contribution in [0.3, 0.4) is 0 Å². The minimum Gasteiger partial charge on any atom is -0.386 e. The molecule has 0 saturated heterocycles. The minimum atomic E-state index is -0.312. The molecule has 0 fully saturated rings. The van der Waals surface area contributed by atoms with Gasteiger partial charge in [-0.1, -0.05) is 47.6 Å². The largest absolute Gasteiger partial charge is 0.386 e. The zero-order valence-electron chi connectivity index (χ0n) is 11.3. The van der Waals surface area contributed by atoms with E-state index in [0.717, 1.165) is 5.56 Å². The summed E-state index contributed by atoms with van der Waals surface area (Å²) in [6.07, 6.45) is 1.42. The Kier molecular flexibility index (Phi) is 5.46. The maximum atomic E-state index is 12.7. The topological polar surface area (TPSA) is 50.7 Å². The van der Waals surface area contributed by atoms with Gasteiger partial charge in [0, 0.05) is 6.54 Å². The van der Waals surface area contributed by atoms with Gasteiger partial charge in [0.2, 0.25) is 0 Å². The van der Waals surface area contributed by atoms with E-state index in [1.165, 1.54) is 18.3 Å². The molecule has 0 spiro atoms. The Bertz CT molecular complexity index is 597. The fourth-order valence-corrected chi connectivity index (χ4v) is 1.59. The van der Waals surface area contributed by atoms with Gasteiger partial charge >= 0.3 is 0 Å². The molecule has 0 saturated carbocycles. The molecule has 0 heterocycles. The number of halogens is 1. The number of nitrogens with zero attached hydrogens (tertiary/aromatic N) is 1. The van der Waals surface area contributed by atoms with Gasteiger partial charge < -0.3 is 10.2 Å². The Hall–Kier alpha value is -2.69. The molecule has 21 heavy (non-hydrogen) atoms. The molecule has 2 rings (SSSR count). The van der Waals surface area contributed by atoms with Crippen LogP contribution in [0.2, 0.25) is 0 Å². The van der Waals surface area contributed by atoms with Crippen LogP contribution >= 0.6 is 0 Å². The molecule has 0 radical (unpaired) electrons. The second-order valence-electron chi connectivity index (χ2n) is 4.32. The smallest absolute Gasteiger partial charge is 0.261 e. The van der Waals surface area contributed by atoms with Crippen molar-refractivity contribution >= 4 is 12.1 Å². The molecule has 0 bridgehead atoms. The Morgan fingerprint density at radius 2 is 1.86 bits per heavy atom. The normalized spacial score (nSPS) is 10.5. The summed E-state index contributed by atoms with van der Waals surface area (Å²) in [6, 6.07) is 15.4. The molecule has 0 aliphatic carbocycles. The van der Waals surface area contributed by atoms with Crippen LogP contribution < -0.4 is 5.32 Å². The minimum absolute atomic E-state index is 0.162. The molecule has 0 atom stereocenters. The predicted molar refractivity (Wildman–Crippen MR) is 78.2 cm³/mol. The third-order valence-corrected chi connectivity index (χ3v) is 2.67. The first-order valence-electron chi connectivity index (χ1n) is 6.45. The second kappa shape index (κ2) is 7.79. The van der Waals surface area contributed by atoms with E-state index in [1.807, 2.05) is 30.3 Å². The summed E-state index contributed by atoms with van der Waals surface area (Å²) < 4.78 is 12.7. The Morgan fingerprint density at radius 3 is 2.57 bits per heavy atom. The Morgan fingerprint density at radius 1 is 1.14 bits per heavy atom. The first-order valence-corrected chi connectivity index (χ1v) is 6.45. The first-order chi connectivity index (χ1) is 10.2. The Balaban J connectivity index is 1.68. The summed E-state index contributed by atoms with van der Waals surface area (Å²) in [4.78, 5) is 16.4. The Labute approximate surface area is 122 Å². The van der Waals surface area contributed by atoms with Gasteiger partial charge in [0.25, 0.3) is 5.91 Å². The molecule has 5 heteroatoms. The van der Waals surface area contributed by atoms with Crippen LogP contribution in [0.5, 0.6) is 0 Å². The molecule has 0 unspecified atom stereocenters. The fraction of sp³-hybridized carbons (Fsp3) is 0.125. The third kappa shape index (κ3) is 5.44. The monoisotopic (exact) mass is 286 g/mol. The molecule has 0 aliphatic heterocycles. The molecule has 0 aliphatic rings. The lowest BCUT2D eigenvalue weighted by atomic mass is 10.2. The van der Waals surface area contributed by atoms with Crippen molar-refractivity contribution in [3.05, 3.63) is 71.5 Å². The van der Waals surface area contributed by atoms with Gasteiger partial charge in [0.05, 0.1) is 6.21 Å². The van der Waals surface area contributed by atoms with Gasteiger partial charge in [-0.15, -0.1) is 0 Å². The van der Waals surface area contributed by atoms with Crippen molar-refractivity contribution in [3.63, 3.8) is 0 Å². The highest BCUT2D eigenvalue weighted by Crippen LogP contribution is 2.00. The van der Waals surface area contributed by atoms with Crippen molar-refractivity contribution in [3.8, 4) is 0 Å². The summed E-state index contributed by atoms with van der Waals surface area (Å²) >= 11 is 0. The summed E-state index contributed by atoms with van der Waals surface area (Å²) in [5, 5.41) is 6.38. The number of oxime groups is 1. The first kappa shape index (κ1) is 14.7. The van der Waals surface area contributed by atoms with Crippen molar-refractivity contribution < 1.29 is 14.0 Å². The highest BCUT2D eigenvalue weighted by Gasteiger charge is 2.00. The maximum absolute atomic E-state index is 12.7. The molecule has 1 amide bonds. The number of carbonyl (C=O) groups excluding carboxylic acids is 1. The number of carbonyl (C=O) groups is 1. The van der Waals surface area contributed by atoms with Crippen molar-refractivity contribution in [2.24, 2.45) is 5.16 Å². The van der Waals surface area contributed by atoms with E-state index in [1.54, 1.807) is 12.1 Å². The molecular formula is C16H15FN2O2. The molecule has 4 nitrogen and oxygen atoms in total. The van der Waals surface area contributed by atoms with Crippen molar-refractivity contribution in [1.29, 1.82) is 0 Å². The molecular weight excluding hydrogens is 271 g/mol. The summed E-state index contributed by atoms with van der Waals surface area (Å²) in [5.74, 6) is -0.566. The third-order valence-electron chi connectivity index (χ3n) is 2.67. The number of hydrogen-bond donors (Lipinski definition) is 1. The van der Waals surface area contributed by atoms with Crippen molar-refractivity contribution in [2.45, 2.75) is 6.54 Å². The predicted octanol–water partition coefficient (Wildman–Crippen LogP) is 2.49. The van der Waals surface area contributed by atoms with E-state index in [0.29, 0.717) is 12.1 Å². The zero-order chi connectivity index (χ0) is 14.9. The lowest BCUT2D eigenvalue weighted by Crippen LogP contribution is -2.26. The average molecular weight is 286 g/mol. The molecule has 108 valence electrons. The number of rotatable bonds is 6. The van der Waals surface area contributed by atoms with Gasteiger partial charge in [-0.05, 0) is 23.3 Å². The van der Waals surface area contributed by atoms with Crippen LogP contribution in [0.25, 0.3) is 0 Å². The van der Waals surface area contributed by atoms with E-state index < -0.39 is 0 Å². The average Bonchev–Trinajstić information content (AvgIpc) is 2.52. The van der Waals surface area contributed by atoms with E-state index in [4.69, 9.17) is 4.84 Å². The molecule has 1 N–H and O–H groups in total. The number of nitrogens with one attached hydrogen (secondary N) is 1. The lowest BCUT2D eigenvalue weighted by molar-refractivity contribution is -0.125. The molecule has 2 aromatic carbocycles. The quantitative estimate of drug-likeness (QED) is 0.655. The van der Waals surface area contributed by atoms with E-state index in [-0.39, 0.29) is 18.3 Å². The van der Waals surface area contributed by atoms with Gasteiger partial charge in [-0.3, -0.25) is 4.79 Å². The van der Waals surface area contributed by atoms with Crippen LogP contribution in [0.4, 0.5) is 4.39 Å². The summed E-state index contributed by atoms with van der Waals surface area (Å²) in [7, 11) is 0. The van der Waals surface area contributed by atoms with Crippen LogP contribution in [-0.2, 0) is 16.2 Å². The van der Waals surface area contributed by atoms with Gasteiger partial charge in [0.1, 0.15) is 5.82 Å². The van der Waals surface area contributed by atoms with Crippen LogP contribution in [0.15, 0.2) is 59.8 Å². The lowest BCUT2D eigenvalue weighted by Gasteiger charge is -2.04. The van der Waals surface area contributed by atoms with Gasteiger partial charge in [-0.2, -0.15) is 0 Å². The molecule has 0 aromatic heterocycles. The van der Waals surface area contributed by atoms with Gasteiger partial charge in [-0.25, -0.2) is 4.39 Å². The van der Waals surface area contributed by atoms with E-state index >= 15 is 0 Å². The zero-order valence-corrected chi connectivity index (χ0v) is 11.3. The van der Waals surface area contributed by atoms with Gasteiger partial charge in [0.15, 0.2) is 6.61 Å². The maximum Gasteiger partial charge on any atom is 0.261 e. The number of amides is 1. The second-order valence-corrected chi connectivity index (χ2v) is 4.32. The summed E-state index contributed by atoms with van der Waals surface area (Å²) in [5.41, 5.74) is 1.71. The van der Waals surface area contributed by atoms with Crippen LogP contribution in [0, 0.1) is 5.82 Å². The van der Waals surface area contributed by atoms with Crippen LogP contribution in [-0.4, -0.2) is 18.7 Å². The highest BCUT2D eigenvalue weighted by molar-refractivity contribution is 5.79. The molecule has 2 aromatic rings. The standard InChI is InChI=1S/C16H15FN2O2/c17-15-8-6-14(7-9-15)11-19-21-12-16(20)18-10-13-4-2-1-3-5-13/h1-9,11H,10,12H2,(H,18,20)/b19-11+. The van der Waals surface area contributed by atoms with E-state index in [9.17, 15) is 9.18 Å². The van der Waals surface area contributed by atoms with Crippen LogP contribution in [0.1, 0.15) is 11.1 Å². The van der Waals surface area contributed by atoms with Crippen molar-refractivity contribution in [2.75, 3.05) is 6.61 Å². The highest BCUT2D eigenvalue weighted by atomic mass is 19.1.